The van der Waals surface area contributed by atoms with Gasteiger partial charge in [0, 0.05) is 44.1 Å². The SMILES string of the molecule is O=c1cc2c3cccc4cccc(c43)c3cc(=O)c4cc(Cl)cc1c4n23. The van der Waals surface area contributed by atoms with Gasteiger partial charge in [0.05, 0.1) is 16.6 Å². The molecule has 0 saturated carbocycles. The molecule has 4 heteroatoms. The van der Waals surface area contributed by atoms with Gasteiger partial charge in [-0.25, -0.2) is 0 Å². The Labute approximate surface area is 151 Å². The first-order valence-corrected chi connectivity index (χ1v) is 8.69. The Morgan fingerprint density at radius 3 is 1.77 bits per heavy atom. The third kappa shape index (κ3) is 1.54. The molecule has 122 valence electrons. The number of benzene rings is 3. The summed E-state index contributed by atoms with van der Waals surface area (Å²) in [5.41, 5.74) is 2.02. The van der Waals surface area contributed by atoms with Crippen molar-refractivity contribution in [3.05, 3.63) is 86.1 Å². The van der Waals surface area contributed by atoms with E-state index in [1.807, 2.05) is 40.8 Å². The summed E-state index contributed by atoms with van der Waals surface area (Å²) in [5.74, 6) is 0. The van der Waals surface area contributed by atoms with Crippen molar-refractivity contribution < 1.29 is 0 Å². The first kappa shape index (κ1) is 14.0. The fraction of sp³-hybridized carbons (Fsp3) is 0. The fourth-order valence-corrected chi connectivity index (χ4v) is 4.50. The largest absolute Gasteiger partial charge is 0.307 e. The summed E-state index contributed by atoms with van der Waals surface area (Å²) in [6.45, 7) is 0. The van der Waals surface area contributed by atoms with Crippen molar-refractivity contribution in [1.82, 2.24) is 4.40 Å². The van der Waals surface area contributed by atoms with Crippen LogP contribution in [0.2, 0.25) is 5.02 Å². The molecule has 0 aliphatic rings. The fourth-order valence-electron chi connectivity index (χ4n) is 4.28. The number of hydrogen-bond acceptors (Lipinski definition) is 2. The second kappa shape index (κ2) is 4.51. The normalized spacial score (nSPS) is 12.3. The number of pyridine rings is 3. The van der Waals surface area contributed by atoms with Crippen LogP contribution in [0.1, 0.15) is 0 Å². The molecule has 0 bridgehead atoms. The van der Waals surface area contributed by atoms with Crippen LogP contribution < -0.4 is 10.9 Å². The predicted molar refractivity (Wildman–Crippen MR) is 107 cm³/mol. The van der Waals surface area contributed by atoms with Crippen molar-refractivity contribution in [3.63, 3.8) is 0 Å². The summed E-state index contributed by atoms with van der Waals surface area (Å²) in [4.78, 5) is 25.6. The molecule has 3 nitrogen and oxygen atoms in total. The number of aromatic nitrogens is 1. The van der Waals surface area contributed by atoms with Crippen LogP contribution in [0.5, 0.6) is 0 Å². The summed E-state index contributed by atoms with van der Waals surface area (Å²) in [6, 6.07) is 18.7. The van der Waals surface area contributed by atoms with Crippen LogP contribution in [-0.4, -0.2) is 4.40 Å². The van der Waals surface area contributed by atoms with E-state index in [9.17, 15) is 9.59 Å². The standard InChI is InChI=1S/C22H10ClNO2/c23-12-7-15-19(25)9-17-13-5-1-3-11-4-2-6-14(21(11)13)18-10-20(26)16(8-12)22(15)24(17)18/h1-10H. The lowest BCUT2D eigenvalue weighted by Crippen LogP contribution is -2.12. The van der Waals surface area contributed by atoms with E-state index >= 15 is 0 Å². The first-order chi connectivity index (χ1) is 12.6. The van der Waals surface area contributed by atoms with Gasteiger partial charge in [0.1, 0.15) is 0 Å². The second-order valence-electron chi connectivity index (χ2n) is 6.68. The highest BCUT2D eigenvalue weighted by Gasteiger charge is 2.18. The van der Waals surface area contributed by atoms with E-state index < -0.39 is 0 Å². The molecular weight excluding hydrogens is 346 g/mol. The minimum absolute atomic E-state index is 0.125. The minimum atomic E-state index is -0.125. The maximum Gasteiger partial charge on any atom is 0.190 e. The molecule has 0 aliphatic heterocycles. The number of hydrogen-bond donors (Lipinski definition) is 0. The highest BCUT2D eigenvalue weighted by molar-refractivity contribution is 6.32. The molecule has 0 saturated heterocycles. The van der Waals surface area contributed by atoms with Crippen LogP contribution in [0.15, 0.2) is 70.3 Å². The van der Waals surface area contributed by atoms with Gasteiger partial charge in [0.15, 0.2) is 10.9 Å². The average molecular weight is 356 g/mol. The van der Waals surface area contributed by atoms with Gasteiger partial charge in [-0.05, 0) is 17.5 Å². The molecule has 0 spiro atoms. The molecule has 0 amide bonds. The van der Waals surface area contributed by atoms with Crippen molar-refractivity contribution in [3.8, 4) is 0 Å². The molecule has 3 aromatic carbocycles. The van der Waals surface area contributed by atoms with Gasteiger partial charge in [-0.1, -0.05) is 48.0 Å². The minimum Gasteiger partial charge on any atom is -0.307 e. The highest BCUT2D eigenvalue weighted by Crippen LogP contribution is 2.35. The summed E-state index contributed by atoms with van der Waals surface area (Å²) in [5, 5.41) is 5.52. The lowest BCUT2D eigenvalue weighted by atomic mass is 9.97. The number of rotatable bonds is 0. The zero-order chi connectivity index (χ0) is 17.6. The topological polar surface area (TPSA) is 38.5 Å². The first-order valence-electron chi connectivity index (χ1n) is 8.32. The quantitative estimate of drug-likeness (QED) is 0.290. The van der Waals surface area contributed by atoms with Gasteiger partial charge in [-0.3, -0.25) is 9.59 Å². The third-order valence-electron chi connectivity index (χ3n) is 5.30. The van der Waals surface area contributed by atoms with E-state index in [-0.39, 0.29) is 10.9 Å². The predicted octanol–water partition coefficient (Wildman–Crippen LogP) is 4.80. The van der Waals surface area contributed by atoms with Crippen LogP contribution >= 0.6 is 11.6 Å². The molecular formula is C22H10ClNO2. The van der Waals surface area contributed by atoms with Crippen molar-refractivity contribution >= 4 is 60.5 Å². The highest BCUT2D eigenvalue weighted by atomic mass is 35.5. The molecule has 0 aliphatic carbocycles. The van der Waals surface area contributed by atoms with Gasteiger partial charge in [0.25, 0.3) is 0 Å². The van der Waals surface area contributed by atoms with Gasteiger partial charge in [0.2, 0.25) is 0 Å². The van der Waals surface area contributed by atoms with E-state index in [0.29, 0.717) is 21.3 Å². The van der Waals surface area contributed by atoms with Crippen molar-refractivity contribution in [2.24, 2.45) is 0 Å². The number of fused-ring (bicyclic) bond motifs is 2. The molecule has 6 aromatic rings. The number of nitrogens with zero attached hydrogens (tertiary/aromatic N) is 1. The molecule has 0 N–H and O–H groups in total. The summed E-state index contributed by atoms with van der Waals surface area (Å²) in [7, 11) is 0. The molecule has 3 aromatic heterocycles. The van der Waals surface area contributed by atoms with Crippen LogP contribution in [0.3, 0.4) is 0 Å². The monoisotopic (exact) mass is 355 g/mol. The van der Waals surface area contributed by atoms with Crippen LogP contribution in [0.4, 0.5) is 0 Å². The lowest BCUT2D eigenvalue weighted by molar-refractivity contribution is 1.30. The second-order valence-corrected chi connectivity index (χ2v) is 7.12. The summed E-state index contributed by atoms with van der Waals surface area (Å²) in [6.07, 6.45) is 0. The van der Waals surface area contributed by atoms with E-state index in [1.54, 1.807) is 24.3 Å². The molecule has 0 atom stereocenters. The van der Waals surface area contributed by atoms with Gasteiger partial charge < -0.3 is 4.40 Å². The maximum absolute atomic E-state index is 12.8. The Kier molecular flexibility index (Phi) is 2.44. The molecule has 6 rings (SSSR count). The Morgan fingerprint density at radius 2 is 1.23 bits per heavy atom. The Morgan fingerprint density at radius 1 is 0.692 bits per heavy atom. The van der Waals surface area contributed by atoms with E-state index in [4.69, 9.17) is 11.6 Å². The van der Waals surface area contributed by atoms with Crippen LogP contribution in [0, 0.1) is 0 Å². The van der Waals surface area contributed by atoms with E-state index in [0.717, 1.165) is 32.6 Å². The Balaban J connectivity index is 2.15. The maximum atomic E-state index is 12.8. The number of halogens is 1. The van der Waals surface area contributed by atoms with Crippen molar-refractivity contribution in [1.29, 1.82) is 0 Å². The van der Waals surface area contributed by atoms with E-state index in [1.165, 1.54) is 0 Å². The zero-order valence-corrected chi connectivity index (χ0v) is 14.2. The summed E-state index contributed by atoms with van der Waals surface area (Å²) < 4.78 is 2.03. The van der Waals surface area contributed by atoms with Gasteiger partial charge in [-0.15, -0.1) is 0 Å². The molecule has 26 heavy (non-hydrogen) atoms. The molecule has 0 radical (unpaired) electrons. The Bertz CT molecular complexity index is 1520. The van der Waals surface area contributed by atoms with Crippen molar-refractivity contribution in [2.45, 2.75) is 0 Å². The van der Waals surface area contributed by atoms with Gasteiger partial charge >= 0.3 is 0 Å². The van der Waals surface area contributed by atoms with Crippen LogP contribution in [-0.2, 0) is 0 Å². The Hall–Kier alpha value is -3.17. The molecule has 0 unspecified atom stereocenters. The lowest BCUT2D eigenvalue weighted by Gasteiger charge is -2.17. The van der Waals surface area contributed by atoms with Crippen LogP contribution in [0.25, 0.3) is 48.9 Å². The molecule has 3 heterocycles. The smallest absolute Gasteiger partial charge is 0.190 e. The van der Waals surface area contributed by atoms with E-state index in [2.05, 4.69) is 0 Å². The molecule has 0 fully saturated rings. The third-order valence-corrected chi connectivity index (χ3v) is 5.52. The zero-order valence-electron chi connectivity index (χ0n) is 13.4. The summed E-state index contributed by atoms with van der Waals surface area (Å²) >= 11 is 6.17. The average Bonchev–Trinajstić information content (AvgIpc) is 2.64. The van der Waals surface area contributed by atoms with Gasteiger partial charge in [-0.2, -0.15) is 0 Å². The van der Waals surface area contributed by atoms with Crippen molar-refractivity contribution in [2.75, 3.05) is 0 Å².